The summed E-state index contributed by atoms with van der Waals surface area (Å²) in [5.41, 5.74) is 5.75. The molecular formula is C42H31N3. The highest BCUT2D eigenvalue weighted by molar-refractivity contribution is 5.84. The van der Waals surface area contributed by atoms with Crippen molar-refractivity contribution in [3.63, 3.8) is 0 Å². The average Bonchev–Trinajstić information content (AvgIpc) is 3.47. The van der Waals surface area contributed by atoms with Crippen molar-refractivity contribution in [2.45, 2.75) is 19.1 Å². The Morgan fingerprint density at radius 3 is 1.42 bits per heavy atom. The molecule has 3 heteroatoms. The minimum absolute atomic E-state index is 0.298. The fourth-order valence-corrected chi connectivity index (χ4v) is 6.11. The van der Waals surface area contributed by atoms with Crippen molar-refractivity contribution >= 4 is 0 Å². The van der Waals surface area contributed by atoms with Gasteiger partial charge in [0.2, 0.25) is 0 Å². The Labute approximate surface area is 272 Å². The van der Waals surface area contributed by atoms with Crippen LogP contribution < -0.4 is 0 Å². The van der Waals surface area contributed by atoms with Crippen molar-refractivity contribution in [3.05, 3.63) is 163 Å². The van der Waals surface area contributed by atoms with Crippen LogP contribution in [0.2, 0.25) is 0 Å². The highest BCUT2D eigenvalue weighted by Gasteiger charge is 2.35. The smallest absolute Gasteiger partial charge is 0.164 e. The van der Waals surface area contributed by atoms with Gasteiger partial charge in [-0.15, -0.1) is 0 Å². The van der Waals surface area contributed by atoms with Crippen LogP contribution in [-0.4, -0.2) is 15.0 Å². The van der Waals surface area contributed by atoms with Gasteiger partial charge in [0, 0.05) is 30.3 Å². The first-order valence-electron chi connectivity index (χ1n) is 17.9. The van der Waals surface area contributed by atoms with Gasteiger partial charge in [0.1, 0.15) is 0 Å². The molecule has 1 heterocycles. The van der Waals surface area contributed by atoms with Crippen molar-refractivity contribution in [2.75, 3.05) is 0 Å². The van der Waals surface area contributed by atoms with Gasteiger partial charge in [0.25, 0.3) is 0 Å². The van der Waals surface area contributed by atoms with Crippen LogP contribution in [0.5, 0.6) is 0 Å². The lowest BCUT2D eigenvalue weighted by Gasteiger charge is -2.22. The Morgan fingerprint density at radius 2 is 0.822 bits per heavy atom. The topological polar surface area (TPSA) is 38.7 Å². The van der Waals surface area contributed by atoms with Crippen molar-refractivity contribution in [2.24, 2.45) is 0 Å². The summed E-state index contributed by atoms with van der Waals surface area (Å²) < 4.78 is 51.5. The van der Waals surface area contributed by atoms with Gasteiger partial charge in [-0.2, -0.15) is 0 Å². The van der Waals surface area contributed by atoms with Crippen LogP contribution in [0.3, 0.4) is 0 Å². The number of aromatic nitrogens is 3. The molecule has 0 saturated heterocycles. The average molecular weight is 584 g/mol. The second-order valence-corrected chi connectivity index (χ2v) is 11.3. The van der Waals surface area contributed by atoms with Gasteiger partial charge < -0.3 is 0 Å². The van der Waals surface area contributed by atoms with Crippen molar-refractivity contribution in [1.29, 1.82) is 0 Å². The first-order valence-corrected chi connectivity index (χ1v) is 14.9. The van der Waals surface area contributed by atoms with E-state index >= 15 is 0 Å². The third kappa shape index (κ3) is 4.83. The van der Waals surface area contributed by atoms with Gasteiger partial charge in [-0.25, -0.2) is 15.0 Å². The van der Waals surface area contributed by atoms with Crippen LogP contribution in [0.15, 0.2) is 152 Å². The molecule has 0 saturated carbocycles. The molecule has 0 spiro atoms. The fraction of sp³-hybridized carbons (Fsp3) is 0.0714. The lowest BCUT2D eigenvalue weighted by atomic mass is 9.81. The summed E-state index contributed by atoms with van der Waals surface area (Å²) in [6.45, 7) is -5.65. The Bertz CT molecular complexity index is 2330. The van der Waals surface area contributed by atoms with Gasteiger partial charge in [-0.1, -0.05) is 147 Å². The Balaban J connectivity index is 1.22. The summed E-state index contributed by atoms with van der Waals surface area (Å²) in [6, 6.07) is 48.1. The molecule has 6 aromatic carbocycles. The van der Waals surface area contributed by atoms with Crippen molar-refractivity contribution < 1.29 is 8.22 Å². The molecular weight excluding hydrogens is 546 g/mol. The molecule has 0 N–H and O–H groups in total. The molecule has 0 radical (unpaired) electrons. The van der Waals surface area contributed by atoms with Crippen molar-refractivity contribution in [1.82, 2.24) is 15.0 Å². The molecule has 3 nitrogen and oxygen atoms in total. The van der Waals surface area contributed by atoms with Crippen LogP contribution in [0.25, 0.3) is 67.5 Å². The summed E-state index contributed by atoms with van der Waals surface area (Å²) in [4.78, 5) is 14.6. The van der Waals surface area contributed by atoms with E-state index < -0.39 is 19.1 Å². The highest BCUT2D eigenvalue weighted by Crippen LogP contribution is 2.49. The summed E-state index contributed by atoms with van der Waals surface area (Å²) >= 11 is 0. The quantitative estimate of drug-likeness (QED) is 0.202. The van der Waals surface area contributed by atoms with E-state index in [2.05, 4.69) is 0 Å². The number of fused-ring (bicyclic) bond motifs is 3. The zero-order valence-electron chi connectivity index (χ0n) is 30.3. The number of rotatable bonds is 5. The first-order chi connectivity index (χ1) is 24.5. The number of nitrogens with zero attached hydrogens (tertiary/aromatic N) is 3. The molecule has 1 aliphatic carbocycles. The van der Waals surface area contributed by atoms with Gasteiger partial charge in [-0.3, -0.25) is 0 Å². The number of hydrogen-bond donors (Lipinski definition) is 0. The Morgan fingerprint density at radius 1 is 0.378 bits per heavy atom. The van der Waals surface area contributed by atoms with Crippen LogP contribution in [0, 0.1) is 0 Å². The van der Waals surface area contributed by atoms with Gasteiger partial charge in [-0.05, 0) is 62.7 Å². The van der Waals surface area contributed by atoms with Gasteiger partial charge in [0.15, 0.2) is 17.5 Å². The Hall–Kier alpha value is -5.67. The molecule has 0 aliphatic heterocycles. The minimum Gasteiger partial charge on any atom is -0.208 e. The number of benzene rings is 6. The normalized spacial score (nSPS) is 15.4. The van der Waals surface area contributed by atoms with E-state index in [1.54, 1.807) is 24.3 Å². The van der Waals surface area contributed by atoms with E-state index in [1.165, 1.54) is 0 Å². The molecule has 0 atom stereocenters. The SMILES string of the molecule is [2H]C([2H])([2H])C1(C([2H])([2H])[2H])c2ccccc2-c2ccc(-c3cccc(-c4cccc(-c5nc(-c6ccccc6)nc(-c6ccccc6)n5)c4)c3)cc21. The molecule has 214 valence electrons. The summed E-state index contributed by atoms with van der Waals surface area (Å²) in [7, 11) is 0. The van der Waals surface area contributed by atoms with E-state index in [9.17, 15) is 0 Å². The molecule has 0 fully saturated rings. The maximum absolute atomic E-state index is 8.59. The molecule has 1 aromatic heterocycles. The lowest BCUT2D eigenvalue weighted by Crippen LogP contribution is -2.14. The van der Waals surface area contributed by atoms with Gasteiger partial charge in [0.05, 0.1) is 0 Å². The lowest BCUT2D eigenvalue weighted by molar-refractivity contribution is 0.660. The van der Waals surface area contributed by atoms with E-state index in [0.717, 1.165) is 38.9 Å². The third-order valence-electron chi connectivity index (χ3n) is 8.39. The molecule has 0 bridgehead atoms. The first kappa shape index (κ1) is 21.1. The predicted octanol–water partition coefficient (Wildman–Crippen LogP) is 10.5. The van der Waals surface area contributed by atoms with E-state index in [4.69, 9.17) is 23.2 Å². The minimum atomic E-state index is -2.82. The van der Waals surface area contributed by atoms with Crippen molar-refractivity contribution in [3.8, 4) is 67.5 Å². The third-order valence-corrected chi connectivity index (χ3v) is 8.39. The number of hydrogen-bond acceptors (Lipinski definition) is 3. The second kappa shape index (κ2) is 10.8. The second-order valence-electron chi connectivity index (χ2n) is 11.3. The highest BCUT2D eigenvalue weighted by atomic mass is 15.0. The monoisotopic (exact) mass is 583 g/mol. The standard InChI is InChI=1S/C42H31N3/c1-42(2)37-22-10-9-21-35(37)36-24-23-33(27-38(36)42)31-18-11-17-30(25-31)32-19-12-20-34(26-32)41-44-39(28-13-5-3-6-14-28)43-40(45-41)29-15-7-4-8-16-29/h3-27H,1-2H3/i1D3,2D3. The molecule has 1 aliphatic rings. The van der Waals surface area contributed by atoms with Crippen LogP contribution in [-0.2, 0) is 5.41 Å². The van der Waals surface area contributed by atoms with Crippen LogP contribution >= 0.6 is 0 Å². The van der Waals surface area contributed by atoms with E-state index in [0.29, 0.717) is 39.7 Å². The van der Waals surface area contributed by atoms with Crippen LogP contribution in [0.1, 0.15) is 33.1 Å². The van der Waals surface area contributed by atoms with Gasteiger partial charge >= 0.3 is 0 Å². The maximum atomic E-state index is 8.59. The summed E-state index contributed by atoms with van der Waals surface area (Å²) in [6.07, 6.45) is 0. The molecule has 0 amide bonds. The predicted molar refractivity (Wildman–Crippen MR) is 185 cm³/mol. The molecule has 8 rings (SSSR count). The summed E-state index contributed by atoms with van der Waals surface area (Å²) in [5, 5.41) is 0. The maximum Gasteiger partial charge on any atom is 0.164 e. The fourth-order valence-electron chi connectivity index (χ4n) is 6.11. The molecule has 0 unspecified atom stereocenters. The molecule has 7 aromatic rings. The largest absolute Gasteiger partial charge is 0.208 e. The van der Waals surface area contributed by atoms with E-state index in [-0.39, 0.29) is 0 Å². The van der Waals surface area contributed by atoms with Crippen LogP contribution in [0.4, 0.5) is 0 Å². The molecule has 45 heavy (non-hydrogen) atoms. The summed E-state index contributed by atoms with van der Waals surface area (Å²) in [5.74, 6) is 1.70. The zero-order valence-corrected chi connectivity index (χ0v) is 24.3. The Kier molecular flexibility index (Phi) is 5.06. The zero-order chi connectivity index (χ0) is 35.4. The van der Waals surface area contributed by atoms with E-state index in [1.807, 2.05) is 127 Å².